The van der Waals surface area contributed by atoms with Gasteiger partial charge in [-0.3, -0.25) is 0 Å². The second kappa shape index (κ2) is 7.12. The zero-order valence-corrected chi connectivity index (χ0v) is 13.3. The molecule has 0 bridgehead atoms. The number of benzene rings is 1. The van der Waals surface area contributed by atoms with Gasteiger partial charge in [-0.1, -0.05) is 35.4 Å². The van der Waals surface area contributed by atoms with Crippen LogP contribution in [0.2, 0.25) is 0 Å². The summed E-state index contributed by atoms with van der Waals surface area (Å²) >= 11 is 0. The van der Waals surface area contributed by atoms with E-state index in [1.54, 1.807) is 18.2 Å². The summed E-state index contributed by atoms with van der Waals surface area (Å²) in [5.41, 5.74) is 2.77. The van der Waals surface area contributed by atoms with Crippen molar-refractivity contribution in [2.75, 3.05) is 0 Å². The average Bonchev–Trinajstić information content (AvgIpc) is 2.46. The summed E-state index contributed by atoms with van der Waals surface area (Å²) in [5, 5.41) is 10.9. The molecular weight excluding hydrogens is 276 g/mol. The predicted molar refractivity (Wildman–Crippen MR) is 90.3 cm³/mol. The van der Waals surface area contributed by atoms with E-state index in [0.717, 1.165) is 12.8 Å². The first-order valence-electron chi connectivity index (χ1n) is 7.51. The quantitative estimate of drug-likeness (QED) is 0.641. The summed E-state index contributed by atoms with van der Waals surface area (Å²) in [4.78, 5) is 12.0. The minimum absolute atomic E-state index is 0.0280. The van der Waals surface area contributed by atoms with Gasteiger partial charge in [-0.2, -0.15) is 0 Å². The van der Waals surface area contributed by atoms with Crippen LogP contribution in [0.4, 0.5) is 0 Å². The van der Waals surface area contributed by atoms with E-state index >= 15 is 0 Å². The van der Waals surface area contributed by atoms with Crippen molar-refractivity contribution in [3.8, 4) is 5.75 Å². The molecule has 1 aromatic heterocycles. The minimum Gasteiger partial charge on any atom is -0.507 e. The average molecular weight is 298 g/mol. The second-order valence-electron chi connectivity index (χ2n) is 5.79. The Morgan fingerprint density at radius 1 is 1.18 bits per heavy atom. The van der Waals surface area contributed by atoms with Gasteiger partial charge in [0.25, 0.3) is 0 Å². The van der Waals surface area contributed by atoms with Gasteiger partial charge in [0.15, 0.2) is 0 Å². The molecule has 0 aliphatic heterocycles. The lowest BCUT2D eigenvalue weighted by atomic mass is 10.1. The van der Waals surface area contributed by atoms with Crippen molar-refractivity contribution in [3.63, 3.8) is 0 Å². The van der Waals surface area contributed by atoms with E-state index in [9.17, 15) is 9.90 Å². The second-order valence-corrected chi connectivity index (χ2v) is 5.79. The number of fused-ring (bicyclic) bond motifs is 1. The van der Waals surface area contributed by atoms with Crippen molar-refractivity contribution in [2.24, 2.45) is 0 Å². The first kappa shape index (κ1) is 16.1. The monoisotopic (exact) mass is 298 g/mol. The lowest BCUT2D eigenvalue weighted by molar-refractivity contribution is 0.459. The Labute approximate surface area is 130 Å². The highest BCUT2D eigenvalue weighted by Crippen LogP contribution is 2.26. The molecule has 0 aliphatic carbocycles. The molecule has 3 heteroatoms. The third kappa shape index (κ3) is 3.88. The first-order chi connectivity index (χ1) is 10.5. The van der Waals surface area contributed by atoms with Crippen LogP contribution in [0.3, 0.4) is 0 Å². The van der Waals surface area contributed by atoms with Crippen LogP contribution in [0.5, 0.6) is 5.75 Å². The summed E-state index contributed by atoms with van der Waals surface area (Å²) in [5.74, 6) is 0.0280. The summed E-state index contributed by atoms with van der Waals surface area (Å²) in [6, 6.07) is 7.02. The molecule has 0 unspecified atom stereocenters. The predicted octanol–water partition coefficient (Wildman–Crippen LogP) is 4.73. The maximum Gasteiger partial charge on any atom is 0.343 e. The van der Waals surface area contributed by atoms with E-state index in [0.29, 0.717) is 23.0 Å². The third-order valence-corrected chi connectivity index (χ3v) is 3.62. The standard InChI is InChI=1S/C19H22O3/c1-13(2)7-6-8-14(3)11-12-16-18(20)15-9-4-5-10-17(15)22-19(16)21/h4-5,7,9-11,20H,6,8,12H2,1-3H3/b14-11-. The highest BCUT2D eigenvalue weighted by molar-refractivity contribution is 5.83. The number of rotatable bonds is 5. The molecule has 0 radical (unpaired) electrons. The van der Waals surface area contributed by atoms with Crippen LogP contribution in [0.1, 0.15) is 39.2 Å². The molecule has 1 N–H and O–H groups in total. The number of hydrogen-bond donors (Lipinski definition) is 1. The molecule has 0 aliphatic rings. The molecule has 2 aromatic rings. The fourth-order valence-electron chi connectivity index (χ4n) is 2.32. The Bertz CT molecular complexity index is 775. The molecule has 0 atom stereocenters. The Balaban J connectivity index is 2.21. The van der Waals surface area contributed by atoms with Gasteiger partial charge in [-0.05, 0) is 45.7 Å². The number of aromatic hydroxyl groups is 1. The van der Waals surface area contributed by atoms with E-state index < -0.39 is 5.63 Å². The lowest BCUT2D eigenvalue weighted by Gasteiger charge is -2.05. The van der Waals surface area contributed by atoms with Crippen molar-refractivity contribution in [2.45, 2.75) is 40.0 Å². The van der Waals surface area contributed by atoms with E-state index in [-0.39, 0.29) is 5.75 Å². The van der Waals surface area contributed by atoms with Gasteiger partial charge in [0, 0.05) is 6.42 Å². The minimum atomic E-state index is -0.468. The van der Waals surface area contributed by atoms with Crippen molar-refractivity contribution >= 4 is 11.0 Å². The number of para-hydroxylation sites is 1. The molecule has 2 rings (SSSR count). The van der Waals surface area contributed by atoms with Crippen molar-refractivity contribution in [3.05, 3.63) is 63.5 Å². The number of allylic oxidation sites excluding steroid dienone is 4. The van der Waals surface area contributed by atoms with E-state index in [4.69, 9.17) is 4.42 Å². The molecule has 3 nitrogen and oxygen atoms in total. The zero-order valence-electron chi connectivity index (χ0n) is 13.3. The van der Waals surface area contributed by atoms with Gasteiger partial charge >= 0.3 is 5.63 Å². The lowest BCUT2D eigenvalue weighted by Crippen LogP contribution is -2.07. The van der Waals surface area contributed by atoms with E-state index in [1.807, 2.05) is 19.1 Å². The van der Waals surface area contributed by atoms with Crippen LogP contribution in [0.25, 0.3) is 11.0 Å². The SMILES string of the molecule is CC(C)=CCC/C(C)=C\Cc1c(O)c2ccccc2oc1=O. The molecule has 0 saturated carbocycles. The van der Waals surface area contributed by atoms with Crippen LogP contribution >= 0.6 is 0 Å². The normalized spacial score (nSPS) is 11.7. The Kier molecular flexibility index (Phi) is 5.21. The van der Waals surface area contributed by atoms with E-state index in [2.05, 4.69) is 19.9 Å². The fourth-order valence-corrected chi connectivity index (χ4v) is 2.32. The highest BCUT2D eigenvalue weighted by atomic mass is 16.4. The summed E-state index contributed by atoms with van der Waals surface area (Å²) in [6.45, 7) is 6.20. The van der Waals surface area contributed by atoms with Gasteiger partial charge in [0.05, 0.1) is 10.9 Å². The third-order valence-electron chi connectivity index (χ3n) is 3.62. The van der Waals surface area contributed by atoms with Crippen LogP contribution in [0, 0.1) is 0 Å². The Hall–Kier alpha value is -2.29. The zero-order chi connectivity index (χ0) is 16.1. The number of hydrogen-bond acceptors (Lipinski definition) is 3. The van der Waals surface area contributed by atoms with Crippen LogP contribution in [-0.4, -0.2) is 5.11 Å². The summed E-state index contributed by atoms with van der Waals surface area (Å²) < 4.78 is 5.26. The molecule has 1 aromatic carbocycles. The van der Waals surface area contributed by atoms with Crippen molar-refractivity contribution < 1.29 is 9.52 Å². The van der Waals surface area contributed by atoms with Crippen molar-refractivity contribution in [1.82, 2.24) is 0 Å². The van der Waals surface area contributed by atoms with Gasteiger partial charge in [0.2, 0.25) is 0 Å². The first-order valence-corrected chi connectivity index (χ1v) is 7.51. The van der Waals surface area contributed by atoms with Crippen LogP contribution in [-0.2, 0) is 6.42 Å². The van der Waals surface area contributed by atoms with Crippen molar-refractivity contribution in [1.29, 1.82) is 0 Å². The molecule has 116 valence electrons. The Morgan fingerprint density at radius 3 is 2.64 bits per heavy atom. The molecule has 0 saturated heterocycles. The highest BCUT2D eigenvalue weighted by Gasteiger charge is 2.12. The van der Waals surface area contributed by atoms with Gasteiger partial charge in [0.1, 0.15) is 11.3 Å². The van der Waals surface area contributed by atoms with Gasteiger partial charge < -0.3 is 9.52 Å². The maximum absolute atomic E-state index is 12.0. The molecular formula is C19H22O3. The van der Waals surface area contributed by atoms with E-state index in [1.165, 1.54) is 11.1 Å². The summed E-state index contributed by atoms with van der Waals surface area (Å²) in [7, 11) is 0. The van der Waals surface area contributed by atoms with Gasteiger partial charge in [-0.25, -0.2) is 4.79 Å². The maximum atomic E-state index is 12.0. The smallest absolute Gasteiger partial charge is 0.343 e. The van der Waals surface area contributed by atoms with Crippen LogP contribution < -0.4 is 5.63 Å². The topological polar surface area (TPSA) is 50.4 Å². The van der Waals surface area contributed by atoms with Gasteiger partial charge in [-0.15, -0.1) is 0 Å². The Morgan fingerprint density at radius 2 is 1.91 bits per heavy atom. The molecule has 0 spiro atoms. The molecule has 0 fully saturated rings. The fraction of sp³-hybridized carbons (Fsp3) is 0.316. The largest absolute Gasteiger partial charge is 0.507 e. The molecule has 22 heavy (non-hydrogen) atoms. The molecule has 0 amide bonds. The summed E-state index contributed by atoms with van der Waals surface area (Å²) in [6.07, 6.45) is 6.51. The van der Waals surface area contributed by atoms with Crippen LogP contribution in [0.15, 0.2) is 56.8 Å². The molecule has 1 heterocycles.